The number of piperidine rings is 1. The number of hydrogen-bond acceptors (Lipinski definition) is 9. The van der Waals surface area contributed by atoms with E-state index >= 15 is 0 Å². The molecular formula is C27H37N7O4S. The van der Waals surface area contributed by atoms with Crippen molar-refractivity contribution in [2.75, 3.05) is 30.3 Å². The molecule has 1 saturated heterocycles. The van der Waals surface area contributed by atoms with Crippen LogP contribution in [0, 0.1) is 0 Å². The zero-order valence-corrected chi connectivity index (χ0v) is 23.3. The van der Waals surface area contributed by atoms with Gasteiger partial charge in [-0.05, 0) is 12.8 Å². The van der Waals surface area contributed by atoms with E-state index in [2.05, 4.69) is 9.97 Å². The number of aliphatic carboxylic acids is 1. The first-order valence-electron chi connectivity index (χ1n) is 13.2. The number of thioether (sulfide) groups is 1. The summed E-state index contributed by atoms with van der Waals surface area (Å²) in [4.78, 5) is 46.0. The van der Waals surface area contributed by atoms with E-state index < -0.39 is 12.0 Å². The highest BCUT2D eigenvalue weighted by Gasteiger charge is 2.28. The second-order valence-electron chi connectivity index (χ2n) is 9.04. The Bertz CT molecular complexity index is 1270. The minimum Gasteiger partial charge on any atom is -0.481 e. The van der Waals surface area contributed by atoms with Crippen LogP contribution in [0.1, 0.15) is 52.0 Å². The van der Waals surface area contributed by atoms with Gasteiger partial charge in [-0.15, -0.1) is 0 Å². The molecule has 1 aromatic carbocycles. The number of carboxylic acid groups (broad SMARTS) is 1. The zero-order valence-electron chi connectivity index (χ0n) is 22.5. The molecule has 0 aliphatic carbocycles. The predicted octanol–water partition coefficient (Wildman–Crippen LogP) is 3.15. The molecule has 5 N–H and O–H groups in total. The first-order valence-corrected chi connectivity index (χ1v) is 14.4. The quantitative estimate of drug-likeness (QED) is 0.299. The third-order valence-electron chi connectivity index (χ3n) is 6.42. The Balaban J connectivity index is 0.00000205. The molecule has 0 bridgehead atoms. The Morgan fingerprint density at radius 2 is 1.87 bits per heavy atom. The second kappa shape index (κ2) is 14.6. The topological polar surface area (TPSA) is 170 Å². The third kappa shape index (κ3) is 7.76. The van der Waals surface area contributed by atoms with Gasteiger partial charge in [0.2, 0.25) is 5.91 Å². The van der Waals surface area contributed by atoms with Crippen molar-refractivity contribution in [3.63, 3.8) is 0 Å². The fourth-order valence-corrected chi connectivity index (χ4v) is 5.39. The number of nitrogens with two attached hydrogens (primary N) is 2. The molecular weight excluding hydrogens is 518 g/mol. The smallest absolute Gasteiger partial charge is 0.303 e. The molecule has 0 saturated carbocycles. The van der Waals surface area contributed by atoms with Gasteiger partial charge in [0, 0.05) is 43.0 Å². The van der Waals surface area contributed by atoms with Crippen molar-refractivity contribution in [3.05, 3.63) is 36.7 Å². The number of nitrogens with zero attached hydrogens (tertiary/aromatic N) is 5. The molecule has 210 valence electrons. The molecule has 1 aliphatic rings. The number of nitrogen functional groups attached to an aromatic ring is 1. The van der Waals surface area contributed by atoms with E-state index in [9.17, 15) is 14.4 Å². The molecule has 1 aliphatic heterocycles. The molecule has 0 radical (unpaired) electrons. The Morgan fingerprint density at radius 3 is 2.59 bits per heavy atom. The molecule has 11 nitrogen and oxygen atoms in total. The molecule has 1 amide bonds. The van der Waals surface area contributed by atoms with Crippen LogP contribution in [0.5, 0.6) is 0 Å². The van der Waals surface area contributed by atoms with Gasteiger partial charge in [0.25, 0.3) is 0 Å². The number of benzene rings is 1. The van der Waals surface area contributed by atoms with Crippen molar-refractivity contribution < 1.29 is 19.5 Å². The maximum Gasteiger partial charge on any atom is 0.303 e. The number of rotatable bonds is 11. The van der Waals surface area contributed by atoms with E-state index in [0.717, 1.165) is 24.1 Å². The van der Waals surface area contributed by atoms with Gasteiger partial charge in [-0.3, -0.25) is 14.4 Å². The van der Waals surface area contributed by atoms with Crippen molar-refractivity contribution in [1.82, 2.24) is 24.6 Å². The minimum atomic E-state index is -1.02. The van der Waals surface area contributed by atoms with Gasteiger partial charge in [-0.2, -0.15) is 16.9 Å². The molecule has 3 heterocycles. The Morgan fingerprint density at radius 1 is 1.13 bits per heavy atom. The van der Waals surface area contributed by atoms with Crippen LogP contribution in [0.4, 0.5) is 5.82 Å². The number of likely N-dealkylation sites (tertiary alicyclic amines) is 1. The van der Waals surface area contributed by atoms with Gasteiger partial charge in [0.1, 0.15) is 17.8 Å². The Kier molecular flexibility index (Phi) is 11.2. The number of Topliss-reactive ketones (excluding diaryl/α,β-unsaturated/α-hetero) is 1. The molecule has 12 heteroatoms. The van der Waals surface area contributed by atoms with E-state index in [1.807, 2.05) is 53.8 Å². The fraction of sp³-hybridized carbons (Fsp3) is 0.481. The van der Waals surface area contributed by atoms with Crippen molar-refractivity contribution in [2.24, 2.45) is 5.73 Å². The number of anilines is 1. The summed E-state index contributed by atoms with van der Waals surface area (Å²) in [5.41, 5.74) is 14.4. The summed E-state index contributed by atoms with van der Waals surface area (Å²) in [5, 5.41) is 14.3. The number of fused-ring (bicyclic) bond motifs is 1. The van der Waals surface area contributed by atoms with Crippen molar-refractivity contribution in [2.45, 2.75) is 58.0 Å². The van der Waals surface area contributed by atoms with Crippen LogP contribution < -0.4 is 11.5 Å². The summed E-state index contributed by atoms with van der Waals surface area (Å²) < 4.78 is 1.88. The minimum absolute atomic E-state index is 0.0388. The highest BCUT2D eigenvalue weighted by molar-refractivity contribution is 7.99. The highest BCUT2D eigenvalue weighted by Crippen LogP contribution is 2.33. The van der Waals surface area contributed by atoms with E-state index in [1.165, 1.54) is 18.1 Å². The second-order valence-corrected chi connectivity index (χ2v) is 10.2. The van der Waals surface area contributed by atoms with E-state index in [0.29, 0.717) is 47.9 Å². The Hall–Kier alpha value is -3.51. The van der Waals surface area contributed by atoms with Crippen LogP contribution in [0.25, 0.3) is 22.3 Å². The van der Waals surface area contributed by atoms with Crippen molar-refractivity contribution >= 4 is 46.3 Å². The SMILES string of the molecule is CC.Nc1ncnc2c1c(-c1ccccc1)nn2C1CCCN(C(=O)CCSCC(N)C(=O)CCC(=O)O)C1. The lowest BCUT2D eigenvalue weighted by Gasteiger charge is -2.33. The number of hydrogen-bond donors (Lipinski definition) is 3. The molecule has 2 atom stereocenters. The normalized spacial score (nSPS) is 15.9. The number of ketones is 1. The molecule has 0 spiro atoms. The van der Waals surface area contributed by atoms with E-state index in [4.69, 9.17) is 21.7 Å². The van der Waals surface area contributed by atoms with Crippen LogP contribution in [-0.2, 0) is 14.4 Å². The first-order chi connectivity index (χ1) is 18.8. The average Bonchev–Trinajstić information content (AvgIpc) is 3.36. The van der Waals surface area contributed by atoms with Gasteiger partial charge < -0.3 is 21.5 Å². The van der Waals surface area contributed by atoms with E-state index in [-0.39, 0.29) is 30.6 Å². The van der Waals surface area contributed by atoms with Crippen LogP contribution >= 0.6 is 11.8 Å². The summed E-state index contributed by atoms with van der Waals surface area (Å²) in [7, 11) is 0. The van der Waals surface area contributed by atoms with Crippen LogP contribution in [0.3, 0.4) is 0 Å². The van der Waals surface area contributed by atoms with Crippen molar-refractivity contribution in [3.8, 4) is 11.3 Å². The zero-order chi connectivity index (χ0) is 28.4. The van der Waals surface area contributed by atoms with Crippen molar-refractivity contribution in [1.29, 1.82) is 0 Å². The number of carbonyl (C=O) groups is 3. The number of carboxylic acids is 1. The monoisotopic (exact) mass is 555 g/mol. The fourth-order valence-electron chi connectivity index (χ4n) is 4.47. The highest BCUT2D eigenvalue weighted by atomic mass is 32.2. The van der Waals surface area contributed by atoms with Gasteiger partial charge in [-0.1, -0.05) is 44.2 Å². The lowest BCUT2D eigenvalue weighted by Crippen LogP contribution is -2.41. The number of aromatic nitrogens is 4. The average molecular weight is 556 g/mol. The Labute approximate surface area is 232 Å². The first kappa shape index (κ1) is 30.0. The summed E-state index contributed by atoms with van der Waals surface area (Å²) in [6.45, 7) is 5.20. The van der Waals surface area contributed by atoms with Gasteiger partial charge in [0.15, 0.2) is 11.4 Å². The maximum absolute atomic E-state index is 12.9. The number of amides is 1. The van der Waals surface area contributed by atoms with Crippen LogP contribution in [0.2, 0.25) is 0 Å². The summed E-state index contributed by atoms with van der Waals surface area (Å²) >= 11 is 1.43. The largest absolute Gasteiger partial charge is 0.481 e. The van der Waals surface area contributed by atoms with Gasteiger partial charge in [0.05, 0.1) is 23.9 Å². The third-order valence-corrected chi connectivity index (χ3v) is 7.50. The van der Waals surface area contributed by atoms with Gasteiger partial charge in [-0.25, -0.2) is 14.6 Å². The molecule has 2 unspecified atom stereocenters. The predicted molar refractivity (Wildman–Crippen MR) is 153 cm³/mol. The summed E-state index contributed by atoms with van der Waals surface area (Å²) in [5.74, 6) is 0.0102. The number of carbonyl (C=O) groups excluding carboxylic acids is 2. The molecule has 2 aromatic heterocycles. The van der Waals surface area contributed by atoms with Crippen LogP contribution in [0.15, 0.2) is 36.7 Å². The lowest BCUT2D eigenvalue weighted by molar-refractivity contribution is -0.138. The lowest BCUT2D eigenvalue weighted by atomic mass is 10.1. The molecule has 39 heavy (non-hydrogen) atoms. The van der Waals surface area contributed by atoms with E-state index in [1.54, 1.807) is 0 Å². The molecule has 4 rings (SSSR count). The standard InChI is InChI=1S/C25H31N7O4S.C2H6/c26-18(19(33)8-9-21(35)36)14-37-12-10-20(34)31-11-4-7-17(13-31)32-25-22(24(27)28-15-29-25)23(30-32)16-5-2-1-3-6-16;1-2/h1-3,5-6,15,17-18H,4,7-14,26H2,(H,35,36)(H2,27,28,29);1-2H3. The summed E-state index contributed by atoms with van der Waals surface area (Å²) in [6.07, 6.45) is 3.18. The van der Waals surface area contributed by atoms with Crippen LogP contribution in [-0.4, -0.2) is 78.1 Å². The summed E-state index contributed by atoms with van der Waals surface area (Å²) in [6, 6.07) is 9.00. The molecule has 3 aromatic rings. The molecule has 1 fully saturated rings. The van der Waals surface area contributed by atoms with Gasteiger partial charge >= 0.3 is 5.97 Å². The maximum atomic E-state index is 12.9.